The third-order valence-corrected chi connectivity index (χ3v) is 4.67. The Bertz CT molecular complexity index is 815. The second-order valence-electron chi connectivity index (χ2n) is 6.87. The van der Waals surface area contributed by atoms with Gasteiger partial charge in [-0.2, -0.15) is 0 Å². The Balaban J connectivity index is 1.61. The minimum atomic E-state index is -0.380. The molecular weight excluding hydrogens is 326 g/mol. The van der Waals surface area contributed by atoms with E-state index in [1.165, 1.54) is 5.56 Å². The third kappa shape index (κ3) is 4.04. The predicted octanol–water partition coefficient (Wildman–Crippen LogP) is 3.87. The zero-order chi connectivity index (χ0) is 18.7. The molecule has 1 aliphatic rings. The van der Waals surface area contributed by atoms with Crippen molar-refractivity contribution in [1.29, 1.82) is 0 Å². The molecule has 1 aliphatic heterocycles. The van der Waals surface area contributed by atoms with E-state index in [4.69, 9.17) is 0 Å². The molecule has 136 valence electrons. The van der Waals surface area contributed by atoms with Gasteiger partial charge in [0.1, 0.15) is 6.04 Å². The molecule has 1 heterocycles. The van der Waals surface area contributed by atoms with Crippen molar-refractivity contribution in [3.63, 3.8) is 0 Å². The molecule has 0 bridgehead atoms. The van der Waals surface area contributed by atoms with Crippen LogP contribution < -0.4 is 15.5 Å². The summed E-state index contributed by atoms with van der Waals surface area (Å²) in [5.41, 5.74) is 4.81. The van der Waals surface area contributed by atoms with E-state index in [-0.39, 0.29) is 17.9 Å². The number of carbonyl (C=O) groups is 2. The van der Waals surface area contributed by atoms with Crippen LogP contribution in [0.2, 0.25) is 0 Å². The van der Waals surface area contributed by atoms with Crippen molar-refractivity contribution < 1.29 is 9.59 Å². The van der Waals surface area contributed by atoms with Crippen LogP contribution in [0, 0.1) is 13.8 Å². The van der Waals surface area contributed by atoms with Gasteiger partial charge in [-0.05, 0) is 63.1 Å². The van der Waals surface area contributed by atoms with Crippen LogP contribution in [0.1, 0.15) is 30.9 Å². The van der Waals surface area contributed by atoms with Crippen molar-refractivity contribution in [1.82, 2.24) is 0 Å². The molecule has 1 saturated heterocycles. The van der Waals surface area contributed by atoms with Gasteiger partial charge in [0.05, 0.1) is 0 Å². The lowest BCUT2D eigenvalue weighted by atomic mass is 10.1. The first-order valence-electron chi connectivity index (χ1n) is 8.99. The number of nitrogens with one attached hydrogen (secondary N) is 2. The van der Waals surface area contributed by atoms with E-state index >= 15 is 0 Å². The van der Waals surface area contributed by atoms with Gasteiger partial charge in [0.25, 0.3) is 0 Å². The van der Waals surface area contributed by atoms with E-state index in [0.717, 1.165) is 35.6 Å². The maximum Gasteiger partial charge on any atom is 0.246 e. The zero-order valence-electron chi connectivity index (χ0n) is 15.5. The highest BCUT2D eigenvalue weighted by molar-refractivity contribution is 5.97. The van der Waals surface area contributed by atoms with Crippen molar-refractivity contribution >= 4 is 28.9 Å². The number of carbonyl (C=O) groups excluding carboxylic acids is 2. The number of nitrogens with zero attached hydrogens (tertiary/aromatic N) is 1. The summed E-state index contributed by atoms with van der Waals surface area (Å²) in [7, 11) is 0. The van der Waals surface area contributed by atoms with Gasteiger partial charge in [0, 0.05) is 30.0 Å². The normalized spacial score (nSPS) is 15.0. The summed E-state index contributed by atoms with van der Waals surface area (Å²) in [4.78, 5) is 26.1. The number of anilines is 3. The first-order valence-corrected chi connectivity index (χ1v) is 8.99. The van der Waals surface area contributed by atoms with Gasteiger partial charge in [-0.3, -0.25) is 9.59 Å². The highest BCUT2D eigenvalue weighted by Gasteiger charge is 2.21. The molecule has 3 rings (SSSR count). The van der Waals surface area contributed by atoms with Crippen molar-refractivity contribution in [3.8, 4) is 0 Å². The van der Waals surface area contributed by atoms with Crippen LogP contribution in [-0.2, 0) is 9.59 Å². The van der Waals surface area contributed by atoms with E-state index < -0.39 is 0 Å². The summed E-state index contributed by atoms with van der Waals surface area (Å²) in [5.74, 6) is 0.0858. The Morgan fingerprint density at radius 1 is 1.12 bits per heavy atom. The molecule has 0 saturated carbocycles. The van der Waals surface area contributed by atoms with Gasteiger partial charge < -0.3 is 15.5 Å². The molecule has 2 aromatic carbocycles. The van der Waals surface area contributed by atoms with Gasteiger partial charge in [0.2, 0.25) is 11.8 Å². The third-order valence-electron chi connectivity index (χ3n) is 4.67. The highest BCUT2D eigenvalue weighted by atomic mass is 16.2. The molecule has 26 heavy (non-hydrogen) atoms. The fourth-order valence-electron chi connectivity index (χ4n) is 3.17. The largest absolute Gasteiger partial charge is 0.374 e. The maximum atomic E-state index is 12.4. The first kappa shape index (κ1) is 18.0. The molecule has 0 aromatic heterocycles. The number of rotatable bonds is 5. The Morgan fingerprint density at radius 3 is 2.46 bits per heavy atom. The molecule has 1 fully saturated rings. The lowest BCUT2D eigenvalue weighted by molar-refractivity contribution is -0.117. The molecule has 1 atom stereocenters. The monoisotopic (exact) mass is 351 g/mol. The van der Waals surface area contributed by atoms with Crippen LogP contribution in [0.5, 0.6) is 0 Å². The fourth-order valence-corrected chi connectivity index (χ4v) is 3.17. The van der Waals surface area contributed by atoms with E-state index in [2.05, 4.69) is 10.6 Å². The Hall–Kier alpha value is -2.82. The van der Waals surface area contributed by atoms with Crippen LogP contribution in [0.15, 0.2) is 42.5 Å². The van der Waals surface area contributed by atoms with Gasteiger partial charge in [-0.1, -0.05) is 17.7 Å². The van der Waals surface area contributed by atoms with Gasteiger partial charge >= 0.3 is 0 Å². The molecule has 2 aromatic rings. The number of hydrogen-bond acceptors (Lipinski definition) is 3. The second kappa shape index (κ2) is 7.60. The Kier molecular flexibility index (Phi) is 5.26. The molecular formula is C21H25N3O2. The molecule has 5 nitrogen and oxygen atoms in total. The Morgan fingerprint density at radius 2 is 1.85 bits per heavy atom. The number of amides is 2. The molecule has 0 unspecified atom stereocenters. The molecule has 2 N–H and O–H groups in total. The van der Waals surface area contributed by atoms with Crippen LogP contribution >= 0.6 is 0 Å². The molecule has 2 amide bonds. The van der Waals surface area contributed by atoms with Crippen LogP contribution in [0.25, 0.3) is 0 Å². The molecule has 0 radical (unpaired) electrons. The molecule has 0 spiro atoms. The maximum absolute atomic E-state index is 12.4. The van der Waals surface area contributed by atoms with Crippen molar-refractivity contribution in [2.75, 3.05) is 22.1 Å². The summed E-state index contributed by atoms with van der Waals surface area (Å²) < 4.78 is 0. The van der Waals surface area contributed by atoms with E-state index in [9.17, 15) is 9.59 Å². The standard InChI is InChI=1S/C21H25N3O2/c1-14-6-11-19(15(2)13-14)23-21(26)16(3)22-17-7-9-18(10-8-17)24-12-4-5-20(24)25/h6-11,13,16,22H,4-5,12H2,1-3H3,(H,23,26)/t16-/m0/s1. The SMILES string of the molecule is Cc1ccc(NC(=O)[C@H](C)Nc2ccc(N3CCCC3=O)cc2)c(C)c1. The number of benzene rings is 2. The average Bonchev–Trinajstić information content (AvgIpc) is 3.04. The molecule has 0 aliphatic carbocycles. The Labute approximate surface area is 154 Å². The van der Waals surface area contributed by atoms with Crippen LogP contribution in [-0.4, -0.2) is 24.4 Å². The summed E-state index contributed by atoms with van der Waals surface area (Å²) in [6.45, 7) is 6.62. The first-order chi connectivity index (χ1) is 12.4. The van der Waals surface area contributed by atoms with Crippen LogP contribution in [0.3, 0.4) is 0 Å². The lowest BCUT2D eigenvalue weighted by Gasteiger charge is -2.19. The van der Waals surface area contributed by atoms with Crippen molar-refractivity contribution in [2.45, 2.75) is 39.7 Å². The summed E-state index contributed by atoms with van der Waals surface area (Å²) in [5, 5.41) is 6.17. The second-order valence-corrected chi connectivity index (χ2v) is 6.87. The summed E-state index contributed by atoms with van der Waals surface area (Å²) in [6, 6.07) is 13.2. The van der Waals surface area contributed by atoms with E-state index in [0.29, 0.717) is 6.42 Å². The fraction of sp³-hybridized carbons (Fsp3) is 0.333. The quantitative estimate of drug-likeness (QED) is 0.860. The topological polar surface area (TPSA) is 61.4 Å². The van der Waals surface area contributed by atoms with E-state index in [1.54, 1.807) is 4.90 Å². The average molecular weight is 351 g/mol. The lowest BCUT2D eigenvalue weighted by Crippen LogP contribution is -2.32. The predicted molar refractivity (Wildman–Crippen MR) is 106 cm³/mol. The zero-order valence-corrected chi connectivity index (χ0v) is 15.5. The highest BCUT2D eigenvalue weighted by Crippen LogP contribution is 2.23. The molecule has 5 heteroatoms. The minimum Gasteiger partial charge on any atom is -0.374 e. The van der Waals surface area contributed by atoms with Gasteiger partial charge in [-0.25, -0.2) is 0 Å². The minimum absolute atomic E-state index is 0.0873. The smallest absolute Gasteiger partial charge is 0.246 e. The van der Waals surface area contributed by atoms with Gasteiger partial charge in [0.15, 0.2) is 0 Å². The number of hydrogen-bond donors (Lipinski definition) is 2. The summed E-state index contributed by atoms with van der Waals surface area (Å²) >= 11 is 0. The number of aryl methyl sites for hydroxylation is 2. The van der Waals surface area contributed by atoms with Crippen LogP contribution in [0.4, 0.5) is 17.1 Å². The summed E-state index contributed by atoms with van der Waals surface area (Å²) in [6.07, 6.45) is 1.53. The van der Waals surface area contributed by atoms with Gasteiger partial charge in [-0.15, -0.1) is 0 Å². The van der Waals surface area contributed by atoms with E-state index in [1.807, 2.05) is 63.2 Å². The van der Waals surface area contributed by atoms with Crippen molar-refractivity contribution in [2.24, 2.45) is 0 Å². The van der Waals surface area contributed by atoms with Crippen molar-refractivity contribution in [3.05, 3.63) is 53.6 Å².